The standard InChI is InChI=1S/C15H22F2N2S/c1-15(2)10-19(7-8-20-15)13(9-18)11-3-5-12(6-4-11)14(16)17/h3-6,13-14H,7-10,18H2,1-2H3. The van der Waals surface area contributed by atoms with Gasteiger partial charge < -0.3 is 5.73 Å². The van der Waals surface area contributed by atoms with Crippen LogP contribution in [0.5, 0.6) is 0 Å². The molecule has 1 saturated heterocycles. The lowest BCUT2D eigenvalue weighted by Crippen LogP contribution is -2.46. The molecule has 0 saturated carbocycles. The minimum atomic E-state index is -2.41. The van der Waals surface area contributed by atoms with Crippen LogP contribution < -0.4 is 5.73 Å². The van der Waals surface area contributed by atoms with Crippen LogP contribution >= 0.6 is 11.8 Å². The van der Waals surface area contributed by atoms with Crippen LogP contribution in [0.2, 0.25) is 0 Å². The summed E-state index contributed by atoms with van der Waals surface area (Å²) in [6.45, 7) is 6.94. The molecule has 5 heteroatoms. The van der Waals surface area contributed by atoms with Crippen molar-refractivity contribution in [3.05, 3.63) is 35.4 Å². The van der Waals surface area contributed by atoms with Crippen LogP contribution in [0.1, 0.15) is 37.4 Å². The summed E-state index contributed by atoms with van der Waals surface area (Å²) in [5, 5.41) is 0. The van der Waals surface area contributed by atoms with Gasteiger partial charge in [-0.1, -0.05) is 24.3 Å². The summed E-state index contributed by atoms with van der Waals surface area (Å²) >= 11 is 1.97. The molecule has 0 amide bonds. The first-order valence-electron chi connectivity index (χ1n) is 6.89. The Morgan fingerprint density at radius 3 is 2.35 bits per heavy atom. The van der Waals surface area contributed by atoms with Gasteiger partial charge in [0.1, 0.15) is 0 Å². The number of thioether (sulfide) groups is 1. The fourth-order valence-electron chi connectivity index (χ4n) is 2.68. The molecular weight excluding hydrogens is 278 g/mol. The molecule has 1 fully saturated rings. The largest absolute Gasteiger partial charge is 0.329 e. The molecule has 1 aromatic carbocycles. The molecular formula is C15H22F2N2S. The summed E-state index contributed by atoms with van der Waals surface area (Å²) < 4.78 is 25.4. The second-order valence-electron chi connectivity index (χ2n) is 5.80. The molecule has 1 atom stereocenters. The van der Waals surface area contributed by atoms with E-state index in [9.17, 15) is 8.78 Å². The predicted octanol–water partition coefficient (Wildman–Crippen LogP) is 3.45. The van der Waals surface area contributed by atoms with E-state index >= 15 is 0 Å². The van der Waals surface area contributed by atoms with Gasteiger partial charge in [-0.2, -0.15) is 11.8 Å². The monoisotopic (exact) mass is 300 g/mol. The SMILES string of the molecule is CC1(C)CN(C(CN)c2ccc(C(F)F)cc2)CCS1. The van der Waals surface area contributed by atoms with Crippen molar-refractivity contribution in [3.8, 4) is 0 Å². The zero-order chi connectivity index (χ0) is 14.8. The molecule has 2 N–H and O–H groups in total. The summed E-state index contributed by atoms with van der Waals surface area (Å²) in [4.78, 5) is 2.37. The van der Waals surface area contributed by atoms with E-state index in [1.165, 1.54) is 12.1 Å². The topological polar surface area (TPSA) is 29.3 Å². The molecule has 1 unspecified atom stereocenters. The third kappa shape index (κ3) is 3.71. The van der Waals surface area contributed by atoms with Crippen LogP contribution in [-0.2, 0) is 0 Å². The predicted molar refractivity (Wildman–Crippen MR) is 81.3 cm³/mol. The van der Waals surface area contributed by atoms with Crippen molar-refractivity contribution in [3.63, 3.8) is 0 Å². The Hall–Kier alpha value is -0.650. The Kier molecular flexibility index (Phi) is 5.04. The Morgan fingerprint density at radius 1 is 1.25 bits per heavy atom. The molecule has 2 rings (SSSR count). The first-order chi connectivity index (χ1) is 9.43. The van der Waals surface area contributed by atoms with Gasteiger partial charge in [0.25, 0.3) is 6.43 Å². The minimum absolute atomic E-state index is 0.0686. The molecule has 0 radical (unpaired) electrons. The minimum Gasteiger partial charge on any atom is -0.329 e. The highest BCUT2D eigenvalue weighted by atomic mass is 32.2. The molecule has 1 aliphatic rings. The van der Waals surface area contributed by atoms with Gasteiger partial charge in [-0.15, -0.1) is 0 Å². The highest BCUT2D eigenvalue weighted by Crippen LogP contribution is 2.34. The van der Waals surface area contributed by atoms with Crippen LogP contribution in [0.4, 0.5) is 8.78 Å². The van der Waals surface area contributed by atoms with Crippen molar-refractivity contribution in [1.82, 2.24) is 4.90 Å². The number of nitrogens with two attached hydrogens (primary N) is 1. The van der Waals surface area contributed by atoms with E-state index in [1.54, 1.807) is 12.1 Å². The van der Waals surface area contributed by atoms with Crippen LogP contribution in [-0.4, -0.2) is 35.0 Å². The lowest BCUT2D eigenvalue weighted by Gasteiger charge is -2.41. The first kappa shape index (κ1) is 15.7. The molecule has 112 valence electrons. The number of rotatable bonds is 4. The summed E-state index contributed by atoms with van der Waals surface area (Å²) in [7, 11) is 0. The van der Waals surface area contributed by atoms with Gasteiger partial charge in [-0.25, -0.2) is 8.78 Å². The van der Waals surface area contributed by atoms with E-state index in [0.717, 1.165) is 24.4 Å². The molecule has 0 aromatic heterocycles. The summed E-state index contributed by atoms with van der Waals surface area (Å²) in [6, 6.07) is 6.70. The Morgan fingerprint density at radius 2 is 1.85 bits per heavy atom. The van der Waals surface area contributed by atoms with E-state index in [0.29, 0.717) is 6.54 Å². The Balaban J connectivity index is 2.15. The fourth-order valence-corrected chi connectivity index (χ4v) is 3.81. The summed E-state index contributed by atoms with van der Waals surface area (Å²) in [6.07, 6.45) is -2.41. The van der Waals surface area contributed by atoms with Gasteiger partial charge in [0, 0.05) is 41.7 Å². The number of hydrogen-bond donors (Lipinski definition) is 1. The highest BCUT2D eigenvalue weighted by Gasteiger charge is 2.31. The highest BCUT2D eigenvalue weighted by molar-refractivity contribution is 8.00. The van der Waals surface area contributed by atoms with Gasteiger partial charge >= 0.3 is 0 Å². The number of alkyl halides is 2. The number of benzene rings is 1. The smallest absolute Gasteiger partial charge is 0.263 e. The summed E-state index contributed by atoms with van der Waals surface area (Å²) in [5.74, 6) is 1.08. The van der Waals surface area contributed by atoms with Gasteiger partial charge in [0.15, 0.2) is 0 Å². The molecule has 0 spiro atoms. The van der Waals surface area contributed by atoms with Crippen LogP contribution in [0.25, 0.3) is 0 Å². The van der Waals surface area contributed by atoms with Gasteiger partial charge in [-0.05, 0) is 19.4 Å². The average molecular weight is 300 g/mol. The maximum atomic E-state index is 12.6. The molecule has 1 aliphatic heterocycles. The second kappa shape index (κ2) is 6.41. The lowest BCUT2D eigenvalue weighted by atomic mass is 10.0. The van der Waals surface area contributed by atoms with Crippen LogP contribution in [0.15, 0.2) is 24.3 Å². The number of nitrogens with zero attached hydrogens (tertiary/aromatic N) is 1. The van der Waals surface area contributed by atoms with E-state index in [4.69, 9.17) is 5.73 Å². The molecule has 20 heavy (non-hydrogen) atoms. The van der Waals surface area contributed by atoms with Gasteiger partial charge in [0.2, 0.25) is 0 Å². The van der Waals surface area contributed by atoms with E-state index in [1.807, 2.05) is 11.8 Å². The van der Waals surface area contributed by atoms with Crippen molar-refractivity contribution < 1.29 is 8.78 Å². The van der Waals surface area contributed by atoms with Gasteiger partial charge in [0.05, 0.1) is 0 Å². The Bertz CT molecular complexity index is 434. The maximum absolute atomic E-state index is 12.6. The van der Waals surface area contributed by atoms with Crippen molar-refractivity contribution in [1.29, 1.82) is 0 Å². The second-order valence-corrected chi connectivity index (χ2v) is 7.60. The molecule has 1 heterocycles. The van der Waals surface area contributed by atoms with Gasteiger partial charge in [-0.3, -0.25) is 4.90 Å². The zero-order valence-electron chi connectivity index (χ0n) is 12.0. The van der Waals surface area contributed by atoms with Crippen molar-refractivity contribution in [2.75, 3.05) is 25.4 Å². The summed E-state index contributed by atoms with van der Waals surface area (Å²) in [5.41, 5.74) is 7.02. The fraction of sp³-hybridized carbons (Fsp3) is 0.600. The van der Waals surface area contributed by atoms with E-state index in [2.05, 4.69) is 18.7 Å². The van der Waals surface area contributed by atoms with E-state index < -0.39 is 6.43 Å². The van der Waals surface area contributed by atoms with Crippen LogP contribution in [0, 0.1) is 0 Å². The normalized spacial score (nSPS) is 21.1. The third-order valence-electron chi connectivity index (χ3n) is 3.69. The lowest BCUT2D eigenvalue weighted by molar-refractivity contribution is 0.151. The number of hydrogen-bond acceptors (Lipinski definition) is 3. The number of halogens is 2. The van der Waals surface area contributed by atoms with Crippen LogP contribution in [0.3, 0.4) is 0 Å². The molecule has 2 nitrogen and oxygen atoms in total. The van der Waals surface area contributed by atoms with Crippen molar-refractivity contribution in [2.45, 2.75) is 31.1 Å². The third-order valence-corrected chi connectivity index (χ3v) is 4.99. The Labute approximate surface area is 123 Å². The zero-order valence-corrected chi connectivity index (χ0v) is 12.8. The quantitative estimate of drug-likeness (QED) is 0.923. The average Bonchev–Trinajstić information content (AvgIpc) is 2.39. The van der Waals surface area contributed by atoms with Crippen molar-refractivity contribution in [2.24, 2.45) is 5.73 Å². The molecule has 0 aliphatic carbocycles. The molecule has 1 aromatic rings. The molecule has 0 bridgehead atoms. The van der Waals surface area contributed by atoms with Crippen molar-refractivity contribution >= 4 is 11.8 Å². The maximum Gasteiger partial charge on any atom is 0.263 e. The van der Waals surface area contributed by atoms with E-state index in [-0.39, 0.29) is 16.4 Å². The first-order valence-corrected chi connectivity index (χ1v) is 7.87.